The zero-order chi connectivity index (χ0) is 11.5. The molecule has 2 rings (SSSR count). The van der Waals surface area contributed by atoms with Crippen LogP contribution in [0.15, 0.2) is 18.6 Å². The second kappa shape index (κ2) is 3.85. The second-order valence-corrected chi connectivity index (χ2v) is 2.89. The maximum Gasteiger partial charge on any atom is 0.353 e. The van der Waals surface area contributed by atoms with Crippen molar-refractivity contribution in [3.05, 3.63) is 30.0 Å². The van der Waals surface area contributed by atoms with Gasteiger partial charge in [-0.3, -0.25) is 9.89 Å². The third kappa shape index (κ3) is 1.90. The molecule has 0 aliphatic rings. The largest absolute Gasteiger partial charge is 0.477 e. The fourth-order valence-corrected chi connectivity index (χ4v) is 1.06. The van der Waals surface area contributed by atoms with Gasteiger partial charge in [-0.15, -0.1) is 0 Å². The Balaban J connectivity index is 2.09. The number of carboxylic acids is 1. The number of carbonyl (C=O) groups is 2. The topological polar surface area (TPSA) is 124 Å². The van der Waals surface area contributed by atoms with Crippen LogP contribution in [0.5, 0.6) is 0 Å². The van der Waals surface area contributed by atoms with Crippen LogP contribution in [-0.2, 0) is 0 Å². The molecule has 0 saturated heterocycles. The minimum Gasteiger partial charge on any atom is -0.477 e. The molecule has 1 amide bonds. The van der Waals surface area contributed by atoms with Crippen molar-refractivity contribution in [2.24, 2.45) is 0 Å². The summed E-state index contributed by atoms with van der Waals surface area (Å²) in [7, 11) is 0. The van der Waals surface area contributed by atoms with Crippen molar-refractivity contribution < 1.29 is 14.7 Å². The van der Waals surface area contributed by atoms with Gasteiger partial charge in [0.1, 0.15) is 11.4 Å². The highest BCUT2D eigenvalue weighted by Gasteiger charge is 2.11. The first-order valence-electron chi connectivity index (χ1n) is 4.25. The molecule has 0 bridgehead atoms. The van der Waals surface area contributed by atoms with Crippen LogP contribution in [-0.4, -0.2) is 37.1 Å². The van der Waals surface area contributed by atoms with Gasteiger partial charge in [0.15, 0.2) is 5.82 Å². The lowest BCUT2D eigenvalue weighted by Crippen LogP contribution is -2.12. The first-order chi connectivity index (χ1) is 7.66. The molecular weight excluding hydrogens is 214 g/mol. The van der Waals surface area contributed by atoms with Crippen LogP contribution < -0.4 is 5.32 Å². The monoisotopic (exact) mass is 221 g/mol. The van der Waals surface area contributed by atoms with E-state index in [4.69, 9.17) is 5.11 Å². The van der Waals surface area contributed by atoms with Gasteiger partial charge < -0.3 is 15.4 Å². The number of hydrogen-bond donors (Lipinski definition) is 4. The van der Waals surface area contributed by atoms with Gasteiger partial charge in [-0.2, -0.15) is 5.10 Å². The van der Waals surface area contributed by atoms with E-state index in [1.807, 2.05) is 0 Å². The molecule has 2 heterocycles. The molecule has 0 aromatic carbocycles. The van der Waals surface area contributed by atoms with E-state index in [-0.39, 0.29) is 17.2 Å². The molecular formula is C8H7N5O3. The number of hydrogen-bond acceptors (Lipinski definition) is 4. The van der Waals surface area contributed by atoms with Crippen LogP contribution in [0.3, 0.4) is 0 Å². The summed E-state index contributed by atoms with van der Waals surface area (Å²) in [4.78, 5) is 28.3. The second-order valence-electron chi connectivity index (χ2n) is 2.89. The van der Waals surface area contributed by atoms with Gasteiger partial charge in [0.05, 0.1) is 12.5 Å². The summed E-state index contributed by atoms with van der Waals surface area (Å²) in [5.41, 5.74) is 0.166. The van der Waals surface area contributed by atoms with Crippen molar-refractivity contribution in [1.29, 1.82) is 0 Å². The Morgan fingerprint density at radius 1 is 1.38 bits per heavy atom. The standard InChI is InChI=1S/C8H7N5O3/c14-7(5-2-9-3-10-5)11-6-1-4(8(15)16)12-13-6/h1-3H,(H,9,10)(H,15,16)(H2,11,12,13,14). The van der Waals surface area contributed by atoms with Gasteiger partial charge in [0, 0.05) is 6.07 Å². The van der Waals surface area contributed by atoms with E-state index in [0.29, 0.717) is 0 Å². The molecule has 16 heavy (non-hydrogen) atoms. The van der Waals surface area contributed by atoms with Gasteiger partial charge in [-0.05, 0) is 0 Å². The number of imidazole rings is 1. The zero-order valence-corrected chi connectivity index (χ0v) is 7.89. The predicted molar refractivity (Wildman–Crippen MR) is 52.1 cm³/mol. The molecule has 8 nitrogen and oxygen atoms in total. The van der Waals surface area contributed by atoms with E-state index in [0.717, 1.165) is 0 Å². The molecule has 0 spiro atoms. The van der Waals surface area contributed by atoms with Crippen molar-refractivity contribution in [1.82, 2.24) is 20.2 Å². The van der Waals surface area contributed by atoms with E-state index in [9.17, 15) is 9.59 Å². The normalized spacial score (nSPS) is 10.0. The van der Waals surface area contributed by atoms with Crippen LogP contribution in [0.25, 0.3) is 0 Å². The highest BCUT2D eigenvalue weighted by atomic mass is 16.4. The third-order valence-electron chi connectivity index (χ3n) is 1.79. The molecule has 0 radical (unpaired) electrons. The Labute approximate surface area is 88.7 Å². The minimum absolute atomic E-state index is 0.0973. The first-order valence-corrected chi connectivity index (χ1v) is 4.25. The van der Waals surface area contributed by atoms with Crippen LogP contribution >= 0.6 is 0 Å². The Morgan fingerprint density at radius 3 is 2.75 bits per heavy atom. The van der Waals surface area contributed by atoms with Crippen molar-refractivity contribution in [2.75, 3.05) is 5.32 Å². The Kier molecular flexibility index (Phi) is 2.38. The van der Waals surface area contributed by atoms with Gasteiger partial charge in [0.2, 0.25) is 0 Å². The maximum absolute atomic E-state index is 11.5. The summed E-state index contributed by atoms with van der Waals surface area (Å²) in [5.74, 6) is -1.45. The van der Waals surface area contributed by atoms with E-state index >= 15 is 0 Å². The van der Waals surface area contributed by atoms with E-state index in [1.165, 1.54) is 18.6 Å². The van der Waals surface area contributed by atoms with Crippen LogP contribution in [0, 0.1) is 0 Å². The fourth-order valence-electron chi connectivity index (χ4n) is 1.06. The number of aromatic nitrogens is 4. The van der Waals surface area contributed by atoms with Gasteiger partial charge in [-0.1, -0.05) is 0 Å². The summed E-state index contributed by atoms with van der Waals surface area (Å²) in [6, 6.07) is 1.22. The van der Waals surface area contributed by atoms with Crippen LogP contribution in [0.2, 0.25) is 0 Å². The summed E-state index contributed by atoms with van der Waals surface area (Å²) < 4.78 is 0. The van der Waals surface area contributed by atoms with Gasteiger partial charge in [-0.25, -0.2) is 9.78 Å². The number of rotatable bonds is 3. The van der Waals surface area contributed by atoms with Crippen LogP contribution in [0.4, 0.5) is 5.82 Å². The van der Waals surface area contributed by atoms with Crippen LogP contribution in [0.1, 0.15) is 21.0 Å². The van der Waals surface area contributed by atoms with Crippen molar-refractivity contribution in [3.8, 4) is 0 Å². The number of aromatic amines is 2. The zero-order valence-electron chi connectivity index (χ0n) is 7.89. The number of nitrogens with one attached hydrogen (secondary N) is 3. The number of nitrogens with zero attached hydrogens (tertiary/aromatic N) is 2. The van der Waals surface area contributed by atoms with Gasteiger partial charge in [0.25, 0.3) is 5.91 Å². The van der Waals surface area contributed by atoms with E-state index in [1.54, 1.807) is 0 Å². The number of carbonyl (C=O) groups excluding carboxylic acids is 1. The highest BCUT2D eigenvalue weighted by Crippen LogP contribution is 2.06. The van der Waals surface area contributed by atoms with E-state index in [2.05, 4.69) is 25.5 Å². The molecule has 0 saturated carbocycles. The summed E-state index contributed by atoms with van der Waals surface area (Å²) >= 11 is 0. The average molecular weight is 221 g/mol. The number of H-pyrrole nitrogens is 2. The number of aromatic carboxylic acids is 1. The quantitative estimate of drug-likeness (QED) is 0.584. The molecule has 4 N–H and O–H groups in total. The SMILES string of the molecule is O=C(O)c1cc(NC(=O)c2cnc[nH]2)n[nH]1. The molecule has 8 heteroatoms. The molecule has 0 unspecified atom stereocenters. The van der Waals surface area contributed by atoms with Crippen molar-refractivity contribution in [3.63, 3.8) is 0 Å². The molecule has 0 aliphatic heterocycles. The third-order valence-corrected chi connectivity index (χ3v) is 1.79. The van der Waals surface area contributed by atoms with Gasteiger partial charge >= 0.3 is 5.97 Å². The number of anilines is 1. The molecule has 2 aromatic rings. The first kappa shape index (κ1) is 9.90. The Morgan fingerprint density at radius 2 is 2.19 bits per heavy atom. The number of amides is 1. The predicted octanol–water partition coefficient (Wildman–Crippen LogP) is 0.0833. The average Bonchev–Trinajstić information content (AvgIpc) is 2.87. The molecule has 0 aliphatic carbocycles. The Hall–Kier alpha value is -2.64. The lowest BCUT2D eigenvalue weighted by Gasteiger charge is -1.96. The Bertz CT molecular complexity index is 516. The smallest absolute Gasteiger partial charge is 0.353 e. The summed E-state index contributed by atoms with van der Waals surface area (Å²) in [6.07, 6.45) is 2.71. The number of carboxylic acid groups (broad SMARTS) is 1. The molecule has 0 atom stereocenters. The lowest BCUT2D eigenvalue weighted by atomic mass is 10.4. The van der Waals surface area contributed by atoms with Crippen molar-refractivity contribution >= 4 is 17.7 Å². The summed E-state index contributed by atoms with van der Waals surface area (Å²) in [6.45, 7) is 0. The molecule has 2 aromatic heterocycles. The highest BCUT2D eigenvalue weighted by molar-refractivity contribution is 6.02. The molecule has 82 valence electrons. The molecule has 0 fully saturated rings. The lowest BCUT2D eigenvalue weighted by molar-refractivity contribution is 0.0690. The fraction of sp³-hybridized carbons (Fsp3) is 0. The van der Waals surface area contributed by atoms with Crippen molar-refractivity contribution in [2.45, 2.75) is 0 Å². The van der Waals surface area contributed by atoms with E-state index < -0.39 is 11.9 Å². The minimum atomic E-state index is -1.14. The summed E-state index contributed by atoms with van der Waals surface area (Å²) in [5, 5.41) is 16.9. The maximum atomic E-state index is 11.5.